The van der Waals surface area contributed by atoms with Crippen LogP contribution < -0.4 is 0 Å². The first-order valence-corrected chi connectivity index (χ1v) is 9.73. The van der Waals surface area contributed by atoms with Gasteiger partial charge in [0, 0.05) is 22.8 Å². The van der Waals surface area contributed by atoms with E-state index in [0.29, 0.717) is 11.7 Å². The lowest BCUT2D eigenvalue weighted by Crippen LogP contribution is -2.42. The number of Topliss-reactive ketones (excluding diaryl/α,β-unsaturated/α-hetero) is 1. The Kier molecular flexibility index (Phi) is 3.72. The Morgan fingerprint density at radius 3 is 2.67 bits per heavy atom. The van der Waals surface area contributed by atoms with Gasteiger partial charge in [-0.3, -0.25) is 4.79 Å². The van der Waals surface area contributed by atoms with Gasteiger partial charge in [-0.2, -0.15) is 0 Å². The zero-order chi connectivity index (χ0) is 16.9. The molecule has 0 amide bonds. The standard InChI is InChI=1S/C21H23NOS/c1-4-21(15-8-6-5-7-9-15)18-16(11-17-20(21)24-12-22-17)13(2)10-14(3)19(18)23/h5-9,12-14H,4,10-11H2,1-3H3/t13?,14?,21-/m1/s1. The van der Waals surface area contributed by atoms with Crippen LogP contribution in [0.15, 0.2) is 47.0 Å². The molecule has 1 aromatic carbocycles. The first-order valence-electron chi connectivity index (χ1n) is 8.85. The van der Waals surface area contributed by atoms with Crippen LogP contribution in [-0.4, -0.2) is 10.8 Å². The smallest absolute Gasteiger partial charge is 0.162 e. The number of fused-ring (bicyclic) bond motifs is 1. The second-order valence-corrected chi connectivity index (χ2v) is 8.09. The predicted molar refractivity (Wildman–Crippen MR) is 98.3 cm³/mol. The van der Waals surface area contributed by atoms with E-state index >= 15 is 0 Å². The van der Waals surface area contributed by atoms with Gasteiger partial charge in [0.1, 0.15) is 0 Å². The SMILES string of the molecule is CC[C@@]1(c2ccccc2)C2=C(Cc3ncsc31)C(C)CC(C)C2=O. The lowest BCUT2D eigenvalue weighted by atomic mass is 9.59. The van der Waals surface area contributed by atoms with Crippen molar-refractivity contribution in [2.45, 2.75) is 45.4 Å². The highest BCUT2D eigenvalue weighted by molar-refractivity contribution is 7.10. The minimum atomic E-state index is -0.314. The lowest BCUT2D eigenvalue weighted by molar-refractivity contribution is -0.120. The molecule has 1 aromatic heterocycles. The van der Waals surface area contributed by atoms with Gasteiger partial charge < -0.3 is 0 Å². The number of thiazole rings is 1. The summed E-state index contributed by atoms with van der Waals surface area (Å²) in [6.07, 6.45) is 2.71. The molecule has 0 bridgehead atoms. The van der Waals surface area contributed by atoms with Crippen molar-refractivity contribution >= 4 is 17.1 Å². The summed E-state index contributed by atoms with van der Waals surface area (Å²) < 4.78 is 0. The maximum atomic E-state index is 13.3. The van der Waals surface area contributed by atoms with Crippen LogP contribution >= 0.6 is 11.3 Å². The Morgan fingerprint density at radius 2 is 1.96 bits per heavy atom. The van der Waals surface area contributed by atoms with Crippen LogP contribution in [0.1, 0.15) is 49.7 Å². The molecular weight excluding hydrogens is 314 g/mol. The van der Waals surface area contributed by atoms with Crippen LogP contribution in [0, 0.1) is 11.8 Å². The van der Waals surface area contributed by atoms with E-state index < -0.39 is 0 Å². The Balaban J connectivity index is 2.07. The fraction of sp³-hybridized carbons (Fsp3) is 0.429. The number of carbonyl (C=O) groups excluding carboxylic acids is 1. The van der Waals surface area contributed by atoms with Gasteiger partial charge in [-0.05, 0) is 24.3 Å². The van der Waals surface area contributed by atoms with E-state index in [2.05, 4.69) is 50.0 Å². The van der Waals surface area contributed by atoms with Crippen LogP contribution in [0.5, 0.6) is 0 Å². The highest BCUT2D eigenvalue weighted by atomic mass is 32.1. The molecule has 0 radical (unpaired) electrons. The molecule has 0 spiro atoms. The minimum Gasteiger partial charge on any atom is -0.294 e. The number of hydrogen-bond acceptors (Lipinski definition) is 3. The minimum absolute atomic E-state index is 0.114. The maximum absolute atomic E-state index is 13.3. The summed E-state index contributed by atoms with van der Waals surface area (Å²) >= 11 is 1.71. The molecule has 1 heterocycles. The largest absolute Gasteiger partial charge is 0.294 e. The first kappa shape index (κ1) is 15.8. The second kappa shape index (κ2) is 5.66. The summed E-state index contributed by atoms with van der Waals surface area (Å²) in [6.45, 7) is 6.58. The van der Waals surface area contributed by atoms with Crippen molar-refractivity contribution in [3.8, 4) is 0 Å². The van der Waals surface area contributed by atoms with Crippen LogP contribution in [0.2, 0.25) is 0 Å². The van der Waals surface area contributed by atoms with Crippen LogP contribution in [-0.2, 0) is 16.6 Å². The Bertz CT molecular complexity index is 819. The van der Waals surface area contributed by atoms with E-state index in [-0.39, 0.29) is 11.3 Å². The Morgan fingerprint density at radius 1 is 1.21 bits per heavy atom. The monoisotopic (exact) mass is 337 g/mol. The number of aromatic nitrogens is 1. The maximum Gasteiger partial charge on any atom is 0.162 e. The van der Waals surface area contributed by atoms with Gasteiger partial charge in [-0.1, -0.05) is 56.7 Å². The van der Waals surface area contributed by atoms with E-state index in [0.717, 1.165) is 24.8 Å². The van der Waals surface area contributed by atoms with Gasteiger partial charge in [0.05, 0.1) is 16.6 Å². The van der Waals surface area contributed by atoms with Crippen molar-refractivity contribution in [1.29, 1.82) is 0 Å². The molecule has 2 unspecified atom stereocenters. The van der Waals surface area contributed by atoms with Crippen molar-refractivity contribution < 1.29 is 4.79 Å². The summed E-state index contributed by atoms with van der Waals surface area (Å²) in [4.78, 5) is 19.3. The second-order valence-electron chi connectivity index (χ2n) is 7.23. The fourth-order valence-electron chi connectivity index (χ4n) is 4.75. The highest BCUT2D eigenvalue weighted by Crippen LogP contribution is 2.54. The van der Waals surface area contributed by atoms with Crippen molar-refractivity contribution in [1.82, 2.24) is 4.98 Å². The molecule has 3 heteroatoms. The zero-order valence-corrected chi connectivity index (χ0v) is 15.3. The van der Waals surface area contributed by atoms with Gasteiger partial charge in [-0.15, -0.1) is 11.3 Å². The van der Waals surface area contributed by atoms with Crippen molar-refractivity contribution in [2.75, 3.05) is 0 Å². The zero-order valence-electron chi connectivity index (χ0n) is 14.5. The third-order valence-corrected chi connectivity index (χ3v) is 6.96. The van der Waals surface area contributed by atoms with Crippen molar-refractivity contribution in [2.24, 2.45) is 11.8 Å². The summed E-state index contributed by atoms with van der Waals surface area (Å²) in [5.74, 6) is 0.924. The molecule has 0 N–H and O–H groups in total. The number of benzene rings is 1. The molecule has 0 saturated carbocycles. The third kappa shape index (κ3) is 2.00. The van der Waals surface area contributed by atoms with Gasteiger partial charge in [0.25, 0.3) is 0 Å². The van der Waals surface area contributed by atoms with E-state index in [9.17, 15) is 4.79 Å². The molecule has 0 fully saturated rings. The average Bonchev–Trinajstić information content (AvgIpc) is 3.07. The number of carbonyl (C=O) groups is 1. The lowest BCUT2D eigenvalue weighted by Gasteiger charge is -2.44. The Labute approximate surface area is 147 Å². The molecular formula is C21H23NOS. The van der Waals surface area contributed by atoms with E-state index in [4.69, 9.17) is 0 Å². The molecule has 2 aliphatic carbocycles. The predicted octanol–water partition coefficient (Wildman–Crippen LogP) is 4.94. The van der Waals surface area contributed by atoms with E-state index in [1.54, 1.807) is 11.3 Å². The first-order chi connectivity index (χ1) is 11.6. The summed E-state index contributed by atoms with van der Waals surface area (Å²) in [5, 5.41) is 0. The fourth-order valence-corrected chi connectivity index (χ4v) is 5.87. The van der Waals surface area contributed by atoms with Gasteiger partial charge in [0.2, 0.25) is 0 Å². The summed E-state index contributed by atoms with van der Waals surface area (Å²) in [6, 6.07) is 10.6. The molecule has 4 rings (SSSR count). The van der Waals surface area contributed by atoms with E-state index in [1.807, 2.05) is 11.6 Å². The quantitative estimate of drug-likeness (QED) is 0.777. The van der Waals surface area contributed by atoms with Crippen molar-refractivity contribution in [3.05, 3.63) is 63.1 Å². The topological polar surface area (TPSA) is 30.0 Å². The molecule has 124 valence electrons. The highest BCUT2D eigenvalue weighted by Gasteiger charge is 2.50. The number of rotatable bonds is 2. The molecule has 2 aromatic rings. The van der Waals surface area contributed by atoms with E-state index in [1.165, 1.54) is 21.7 Å². The summed E-state index contributed by atoms with van der Waals surface area (Å²) in [5.41, 5.74) is 6.47. The third-order valence-electron chi connectivity index (χ3n) is 5.93. The molecule has 0 aliphatic heterocycles. The number of allylic oxidation sites excluding steroid dienone is 2. The average molecular weight is 337 g/mol. The number of nitrogens with zero attached hydrogens (tertiary/aromatic N) is 1. The van der Waals surface area contributed by atoms with Gasteiger partial charge in [-0.25, -0.2) is 4.98 Å². The number of hydrogen-bond donors (Lipinski definition) is 0. The number of ketones is 1. The van der Waals surface area contributed by atoms with Crippen LogP contribution in [0.25, 0.3) is 0 Å². The molecule has 2 nitrogen and oxygen atoms in total. The van der Waals surface area contributed by atoms with Crippen molar-refractivity contribution in [3.63, 3.8) is 0 Å². The summed E-state index contributed by atoms with van der Waals surface area (Å²) in [7, 11) is 0. The molecule has 24 heavy (non-hydrogen) atoms. The van der Waals surface area contributed by atoms with Gasteiger partial charge in [0.15, 0.2) is 5.78 Å². The molecule has 3 atom stereocenters. The molecule has 2 aliphatic rings. The van der Waals surface area contributed by atoms with Gasteiger partial charge >= 0.3 is 0 Å². The van der Waals surface area contributed by atoms with Crippen LogP contribution in [0.3, 0.4) is 0 Å². The normalized spacial score (nSPS) is 29.4. The Hall–Kier alpha value is -1.74. The van der Waals surface area contributed by atoms with Crippen LogP contribution in [0.4, 0.5) is 0 Å². The molecule has 0 saturated heterocycles.